The molecule has 0 aliphatic carbocycles. The van der Waals surface area contributed by atoms with Gasteiger partial charge in [0.25, 0.3) is 0 Å². The number of carboxylic acid groups (broad SMARTS) is 1. The molecule has 0 aromatic carbocycles. The van der Waals surface area contributed by atoms with Crippen molar-refractivity contribution in [3.63, 3.8) is 0 Å². The molecule has 0 fully saturated rings. The molecule has 1 N–H and O–H groups in total. The summed E-state index contributed by atoms with van der Waals surface area (Å²) in [5, 5.41) is 8.68. The Labute approximate surface area is 325 Å². The quantitative estimate of drug-likeness (QED) is 0.0385. The molecule has 0 saturated carbocycles. The summed E-state index contributed by atoms with van der Waals surface area (Å²) in [6, 6.07) is 0. The Bertz CT molecular complexity index is 787. The molecule has 0 aliphatic heterocycles. The minimum absolute atomic E-state index is 0.0439. The van der Waals surface area contributed by atoms with Crippen LogP contribution in [-0.4, -0.2) is 23.1 Å². The first-order chi connectivity index (χ1) is 25.6. The van der Waals surface area contributed by atoms with Gasteiger partial charge in [-0.3, -0.25) is 9.59 Å². The van der Waals surface area contributed by atoms with E-state index in [0.717, 1.165) is 44.9 Å². The SMILES string of the molecule is CCCCC/C=C\C/C=C\CCCCCCCCCCCCCC(=O)OC(CCCCC)CCCCCCCCCCCCCCCCCC(=O)O. The highest BCUT2D eigenvalue weighted by atomic mass is 16.5. The monoisotopic (exact) mass is 731 g/mol. The number of aliphatic carboxylic acids is 1. The van der Waals surface area contributed by atoms with Gasteiger partial charge in [-0.2, -0.15) is 0 Å². The number of ether oxygens (including phenoxy) is 1. The second-order valence-electron chi connectivity index (χ2n) is 15.9. The van der Waals surface area contributed by atoms with E-state index in [2.05, 4.69) is 38.2 Å². The predicted octanol–water partition coefficient (Wildman–Crippen LogP) is 16.3. The predicted molar refractivity (Wildman–Crippen MR) is 227 cm³/mol. The van der Waals surface area contributed by atoms with E-state index < -0.39 is 5.97 Å². The Morgan fingerprint density at radius 2 is 0.750 bits per heavy atom. The number of unbranched alkanes of at least 4 members (excludes halogenated alkanes) is 30. The number of allylic oxidation sites excluding steroid dienone is 4. The third kappa shape index (κ3) is 42.8. The second kappa shape index (κ2) is 43.8. The van der Waals surface area contributed by atoms with E-state index in [9.17, 15) is 9.59 Å². The molecule has 0 aromatic heterocycles. The molecule has 4 heteroatoms. The van der Waals surface area contributed by atoms with Gasteiger partial charge in [-0.05, 0) is 70.6 Å². The van der Waals surface area contributed by atoms with Crippen LogP contribution in [0.25, 0.3) is 0 Å². The Hall–Kier alpha value is -1.58. The number of rotatable bonds is 43. The van der Waals surface area contributed by atoms with Gasteiger partial charge in [0.1, 0.15) is 6.10 Å². The smallest absolute Gasteiger partial charge is 0.306 e. The fraction of sp³-hybridized carbons (Fsp3) is 0.875. The maximum atomic E-state index is 12.6. The fourth-order valence-corrected chi connectivity index (χ4v) is 7.22. The van der Waals surface area contributed by atoms with Crippen molar-refractivity contribution in [2.75, 3.05) is 0 Å². The third-order valence-electron chi connectivity index (χ3n) is 10.7. The van der Waals surface area contributed by atoms with E-state index in [0.29, 0.717) is 12.8 Å². The summed E-state index contributed by atoms with van der Waals surface area (Å²) in [7, 11) is 0. The molecule has 1 unspecified atom stereocenters. The van der Waals surface area contributed by atoms with Gasteiger partial charge < -0.3 is 9.84 Å². The third-order valence-corrected chi connectivity index (χ3v) is 10.7. The van der Waals surface area contributed by atoms with E-state index in [-0.39, 0.29) is 12.1 Å². The van der Waals surface area contributed by atoms with Gasteiger partial charge >= 0.3 is 11.9 Å². The number of hydrogen-bond donors (Lipinski definition) is 1. The van der Waals surface area contributed by atoms with Gasteiger partial charge in [-0.25, -0.2) is 0 Å². The summed E-state index contributed by atoms with van der Waals surface area (Å²) in [5.74, 6) is -0.619. The molecule has 1 atom stereocenters. The second-order valence-corrected chi connectivity index (χ2v) is 15.9. The zero-order valence-corrected chi connectivity index (χ0v) is 35.1. The lowest BCUT2D eigenvalue weighted by atomic mass is 10.0. The highest BCUT2D eigenvalue weighted by molar-refractivity contribution is 5.69. The zero-order chi connectivity index (χ0) is 37.8. The van der Waals surface area contributed by atoms with Crippen LogP contribution < -0.4 is 0 Å². The molecule has 52 heavy (non-hydrogen) atoms. The first kappa shape index (κ1) is 50.4. The molecule has 0 heterocycles. The summed E-state index contributed by atoms with van der Waals surface area (Å²) in [5.41, 5.74) is 0. The largest absolute Gasteiger partial charge is 0.481 e. The van der Waals surface area contributed by atoms with Crippen LogP contribution in [0.3, 0.4) is 0 Å². The van der Waals surface area contributed by atoms with Gasteiger partial charge in [-0.1, -0.05) is 205 Å². The van der Waals surface area contributed by atoms with Crippen LogP contribution in [0.2, 0.25) is 0 Å². The fourth-order valence-electron chi connectivity index (χ4n) is 7.22. The summed E-state index contributed by atoms with van der Waals surface area (Å²) in [6.07, 6.45) is 56.9. The molecule has 0 saturated heterocycles. The van der Waals surface area contributed by atoms with E-state index in [4.69, 9.17) is 9.84 Å². The summed E-state index contributed by atoms with van der Waals surface area (Å²) >= 11 is 0. The molecule has 0 radical (unpaired) electrons. The van der Waals surface area contributed by atoms with Crippen LogP contribution in [0.15, 0.2) is 24.3 Å². The van der Waals surface area contributed by atoms with E-state index in [1.165, 1.54) is 193 Å². The van der Waals surface area contributed by atoms with Crippen LogP contribution >= 0.6 is 0 Å². The van der Waals surface area contributed by atoms with Crippen LogP contribution in [0.5, 0.6) is 0 Å². The molecule has 0 aromatic rings. The van der Waals surface area contributed by atoms with Crippen LogP contribution in [-0.2, 0) is 14.3 Å². The van der Waals surface area contributed by atoms with Crippen molar-refractivity contribution < 1.29 is 19.4 Å². The summed E-state index contributed by atoms with van der Waals surface area (Å²) in [4.78, 5) is 23.2. The summed E-state index contributed by atoms with van der Waals surface area (Å²) in [6.45, 7) is 4.51. The molecule has 306 valence electrons. The highest BCUT2D eigenvalue weighted by Gasteiger charge is 2.14. The van der Waals surface area contributed by atoms with Crippen LogP contribution in [0.1, 0.15) is 264 Å². The molecule has 0 aliphatic rings. The van der Waals surface area contributed by atoms with E-state index in [1.807, 2.05) is 0 Å². The van der Waals surface area contributed by atoms with Gasteiger partial charge in [0.2, 0.25) is 0 Å². The normalized spacial score (nSPS) is 12.3. The lowest BCUT2D eigenvalue weighted by Gasteiger charge is -2.18. The Morgan fingerprint density at radius 1 is 0.423 bits per heavy atom. The number of hydrogen-bond acceptors (Lipinski definition) is 3. The zero-order valence-electron chi connectivity index (χ0n) is 35.1. The van der Waals surface area contributed by atoms with Gasteiger partial charge in [0.15, 0.2) is 0 Å². The minimum Gasteiger partial charge on any atom is -0.481 e. The van der Waals surface area contributed by atoms with Gasteiger partial charge in [0.05, 0.1) is 0 Å². The van der Waals surface area contributed by atoms with Crippen molar-refractivity contribution in [3.05, 3.63) is 24.3 Å². The molecule has 0 bridgehead atoms. The van der Waals surface area contributed by atoms with Gasteiger partial charge in [0, 0.05) is 12.8 Å². The van der Waals surface area contributed by atoms with E-state index in [1.54, 1.807) is 0 Å². The maximum absolute atomic E-state index is 12.6. The lowest BCUT2D eigenvalue weighted by Crippen LogP contribution is -2.18. The molecular formula is C48H90O4. The lowest BCUT2D eigenvalue weighted by molar-refractivity contribution is -0.150. The Balaban J connectivity index is 3.64. The summed E-state index contributed by atoms with van der Waals surface area (Å²) < 4.78 is 6.01. The Morgan fingerprint density at radius 3 is 1.17 bits per heavy atom. The number of carbonyl (C=O) groups excluding carboxylic acids is 1. The number of carbonyl (C=O) groups is 2. The average molecular weight is 731 g/mol. The van der Waals surface area contributed by atoms with Crippen molar-refractivity contribution in [2.24, 2.45) is 0 Å². The average Bonchev–Trinajstić information content (AvgIpc) is 3.13. The minimum atomic E-state index is -0.663. The van der Waals surface area contributed by atoms with E-state index >= 15 is 0 Å². The van der Waals surface area contributed by atoms with Crippen LogP contribution in [0.4, 0.5) is 0 Å². The topological polar surface area (TPSA) is 63.6 Å². The van der Waals surface area contributed by atoms with Crippen molar-refractivity contribution in [3.8, 4) is 0 Å². The van der Waals surface area contributed by atoms with Crippen LogP contribution in [0, 0.1) is 0 Å². The maximum Gasteiger partial charge on any atom is 0.306 e. The van der Waals surface area contributed by atoms with Crippen molar-refractivity contribution >= 4 is 11.9 Å². The van der Waals surface area contributed by atoms with Crippen molar-refractivity contribution in [2.45, 2.75) is 270 Å². The number of esters is 1. The molecular weight excluding hydrogens is 641 g/mol. The first-order valence-electron chi connectivity index (χ1n) is 23.3. The Kier molecular flexibility index (Phi) is 42.5. The molecule has 0 amide bonds. The highest BCUT2D eigenvalue weighted by Crippen LogP contribution is 2.19. The van der Waals surface area contributed by atoms with Gasteiger partial charge in [-0.15, -0.1) is 0 Å². The molecule has 4 nitrogen and oxygen atoms in total. The van der Waals surface area contributed by atoms with Crippen molar-refractivity contribution in [1.82, 2.24) is 0 Å². The number of carboxylic acids is 1. The first-order valence-corrected chi connectivity index (χ1v) is 23.3. The molecule has 0 rings (SSSR count). The van der Waals surface area contributed by atoms with Crippen molar-refractivity contribution in [1.29, 1.82) is 0 Å². The molecule has 0 spiro atoms. The standard InChI is InChI=1S/C48H90O4/c1-3-5-7-8-9-10-11-12-13-14-15-16-17-18-22-25-28-31-34-37-41-45-48(51)52-46(42-38-6-4-2)43-39-35-32-29-26-23-20-19-21-24-27-30-33-36-40-44-47(49)50/h9-10,12-13,46H,3-8,11,14-45H2,1-2H3,(H,49,50)/b10-9-,13-12-.